The molecule has 2 aliphatic rings. The average Bonchev–Trinajstić information content (AvgIpc) is 3.24. The lowest BCUT2D eigenvalue weighted by Gasteiger charge is -2.35. The van der Waals surface area contributed by atoms with E-state index in [2.05, 4.69) is 46.8 Å². The molecule has 0 saturated heterocycles. The Morgan fingerprint density at radius 3 is 2.54 bits per heavy atom. The average molecular weight is 510 g/mol. The second-order valence-electron chi connectivity index (χ2n) is 9.86. The predicted molar refractivity (Wildman–Crippen MR) is 150 cm³/mol. The van der Waals surface area contributed by atoms with E-state index in [9.17, 15) is 9.18 Å². The molecule has 1 fully saturated rings. The SMILES string of the molecule is CC.CCN(CCC1CN(Cc2ccccc2F)Cc2[nH]c3cc(C)ccc3c21)C(=O)C1CCC1.CO. The molecule has 0 bridgehead atoms. The van der Waals surface area contributed by atoms with E-state index in [1.807, 2.05) is 26.0 Å². The quantitative estimate of drug-likeness (QED) is 0.388. The Bertz CT molecular complexity index is 1150. The molecule has 1 amide bonds. The first-order chi connectivity index (χ1) is 18.0. The van der Waals surface area contributed by atoms with Crippen molar-refractivity contribution >= 4 is 16.8 Å². The lowest BCUT2D eigenvalue weighted by molar-refractivity contribution is -0.138. The molecule has 202 valence electrons. The van der Waals surface area contributed by atoms with Gasteiger partial charge in [-0.2, -0.15) is 0 Å². The smallest absolute Gasteiger partial charge is 0.225 e. The normalized spacial score (nSPS) is 17.1. The third-order valence-electron chi connectivity index (χ3n) is 7.59. The van der Waals surface area contributed by atoms with Crippen LogP contribution in [0.5, 0.6) is 0 Å². The van der Waals surface area contributed by atoms with Crippen molar-refractivity contribution in [2.24, 2.45) is 5.92 Å². The Hall–Kier alpha value is -2.70. The highest BCUT2D eigenvalue weighted by Crippen LogP contribution is 2.38. The number of halogens is 1. The van der Waals surface area contributed by atoms with Gasteiger partial charge >= 0.3 is 0 Å². The third kappa shape index (κ3) is 6.60. The molecule has 1 unspecified atom stereocenters. The summed E-state index contributed by atoms with van der Waals surface area (Å²) in [6.07, 6.45) is 4.19. The van der Waals surface area contributed by atoms with Gasteiger partial charge in [0.25, 0.3) is 0 Å². The lowest BCUT2D eigenvalue weighted by Crippen LogP contribution is -2.41. The highest BCUT2D eigenvalue weighted by atomic mass is 19.1. The summed E-state index contributed by atoms with van der Waals surface area (Å²) in [5.41, 5.74) is 5.78. The van der Waals surface area contributed by atoms with Crippen molar-refractivity contribution in [2.75, 3.05) is 26.7 Å². The third-order valence-corrected chi connectivity index (χ3v) is 7.59. The minimum atomic E-state index is -0.143. The summed E-state index contributed by atoms with van der Waals surface area (Å²) in [5, 5.41) is 8.29. The number of carbonyl (C=O) groups is 1. The molecular weight excluding hydrogens is 465 g/mol. The van der Waals surface area contributed by atoms with E-state index in [0.29, 0.717) is 18.4 Å². The molecule has 6 heteroatoms. The number of H-pyrrole nitrogens is 1. The van der Waals surface area contributed by atoms with E-state index in [1.54, 1.807) is 12.1 Å². The summed E-state index contributed by atoms with van der Waals surface area (Å²) in [6.45, 7) is 12.0. The number of nitrogens with one attached hydrogen (secondary N) is 1. The van der Waals surface area contributed by atoms with Crippen LogP contribution in [0.1, 0.15) is 74.8 Å². The van der Waals surface area contributed by atoms with Gasteiger partial charge in [-0.25, -0.2) is 4.39 Å². The van der Waals surface area contributed by atoms with Gasteiger partial charge in [-0.3, -0.25) is 9.69 Å². The van der Waals surface area contributed by atoms with E-state index in [1.165, 1.54) is 34.1 Å². The number of aliphatic hydroxyl groups is 1. The highest BCUT2D eigenvalue weighted by molar-refractivity contribution is 5.86. The number of rotatable bonds is 7. The summed E-state index contributed by atoms with van der Waals surface area (Å²) in [6, 6.07) is 13.7. The zero-order valence-corrected chi connectivity index (χ0v) is 23.2. The topological polar surface area (TPSA) is 59.6 Å². The van der Waals surface area contributed by atoms with Crippen molar-refractivity contribution in [3.8, 4) is 0 Å². The minimum Gasteiger partial charge on any atom is -0.400 e. The number of carbonyl (C=O) groups excluding carboxylic acids is 1. The molecule has 0 radical (unpaired) electrons. The van der Waals surface area contributed by atoms with Crippen LogP contribution in [-0.4, -0.2) is 52.5 Å². The van der Waals surface area contributed by atoms with Crippen molar-refractivity contribution in [3.63, 3.8) is 0 Å². The van der Waals surface area contributed by atoms with Crippen LogP contribution in [0.2, 0.25) is 0 Å². The summed E-state index contributed by atoms with van der Waals surface area (Å²) in [7, 11) is 1.00. The second kappa shape index (κ2) is 13.7. The maximum absolute atomic E-state index is 14.4. The number of aryl methyl sites for hydroxylation is 1. The maximum Gasteiger partial charge on any atom is 0.225 e. The van der Waals surface area contributed by atoms with Crippen molar-refractivity contribution in [1.29, 1.82) is 0 Å². The van der Waals surface area contributed by atoms with Gasteiger partial charge in [-0.1, -0.05) is 50.6 Å². The number of aromatic amines is 1. The van der Waals surface area contributed by atoms with Gasteiger partial charge in [0.1, 0.15) is 5.82 Å². The number of hydrogen-bond donors (Lipinski definition) is 2. The van der Waals surface area contributed by atoms with Crippen LogP contribution < -0.4 is 0 Å². The fourth-order valence-electron chi connectivity index (χ4n) is 5.54. The van der Waals surface area contributed by atoms with Gasteiger partial charge in [-0.05, 0) is 56.4 Å². The molecule has 1 aliphatic carbocycles. The van der Waals surface area contributed by atoms with Crippen molar-refractivity contribution in [1.82, 2.24) is 14.8 Å². The predicted octanol–water partition coefficient (Wildman–Crippen LogP) is 6.39. The monoisotopic (exact) mass is 509 g/mol. The molecular formula is C31H44FN3O2. The number of nitrogens with zero attached hydrogens (tertiary/aromatic N) is 2. The summed E-state index contributed by atoms with van der Waals surface area (Å²) in [5.74, 6) is 0.730. The van der Waals surface area contributed by atoms with E-state index in [4.69, 9.17) is 5.11 Å². The van der Waals surface area contributed by atoms with Gasteiger partial charge in [0.2, 0.25) is 5.91 Å². The molecule has 1 saturated carbocycles. The molecule has 5 rings (SSSR count). The first-order valence-corrected chi connectivity index (χ1v) is 13.8. The number of benzene rings is 2. The fourth-order valence-corrected chi connectivity index (χ4v) is 5.54. The fraction of sp³-hybridized carbons (Fsp3) is 0.516. The van der Waals surface area contributed by atoms with E-state index >= 15 is 0 Å². The zero-order valence-electron chi connectivity index (χ0n) is 23.2. The molecule has 5 nitrogen and oxygen atoms in total. The van der Waals surface area contributed by atoms with Gasteiger partial charge in [0, 0.05) is 73.8 Å². The first-order valence-electron chi connectivity index (χ1n) is 13.8. The van der Waals surface area contributed by atoms with Gasteiger partial charge in [0.15, 0.2) is 0 Å². The molecule has 2 heterocycles. The molecule has 2 aromatic carbocycles. The molecule has 1 aliphatic heterocycles. The lowest BCUT2D eigenvalue weighted by atomic mass is 9.84. The van der Waals surface area contributed by atoms with Crippen molar-refractivity contribution in [3.05, 3.63) is 70.7 Å². The number of aromatic nitrogens is 1. The Labute approximate surface area is 221 Å². The Kier molecular flexibility index (Phi) is 10.7. The summed E-state index contributed by atoms with van der Waals surface area (Å²) >= 11 is 0. The summed E-state index contributed by atoms with van der Waals surface area (Å²) in [4.78, 5) is 20.9. The van der Waals surface area contributed by atoms with Crippen LogP contribution in [0, 0.1) is 18.7 Å². The summed E-state index contributed by atoms with van der Waals surface area (Å²) < 4.78 is 14.4. The van der Waals surface area contributed by atoms with E-state index in [-0.39, 0.29) is 11.7 Å². The number of hydrogen-bond acceptors (Lipinski definition) is 3. The maximum atomic E-state index is 14.4. The highest BCUT2D eigenvalue weighted by Gasteiger charge is 2.32. The van der Waals surface area contributed by atoms with Crippen molar-refractivity contribution < 1.29 is 14.3 Å². The van der Waals surface area contributed by atoms with Gasteiger partial charge < -0.3 is 15.0 Å². The van der Waals surface area contributed by atoms with E-state index in [0.717, 1.165) is 58.1 Å². The Morgan fingerprint density at radius 2 is 1.89 bits per heavy atom. The van der Waals surface area contributed by atoms with E-state index < -0.39 is 0 Å². The molecule has 1 aromatic heterocycles. The van der Waals surface area contributed by atoms with Gasteiger partial charge in [0.05, 0.1) is 0 Å². The van der Waals surface area contributed by atoms with Crippen LogP contribution in [0.4, 0.5) is 4.39 Å². The second-order valence-corrected chi connectivity index (χ2v) is 9.86. The molecule has 2 N–H and O–H groups in total. The molecule has 0 spiro atoms. The molecule has 1 atom stereocenters. The van der Waals surface area contributed by atoms with Crippen LogP contribution in [0.25, 0.3) is 10.9 Å². The number of amides is 1. The molecule has 3 aromatic rings. The van der Waals surface area contributed by atoms with Crippen LogP contribution in [0.15, 0.2) is 42.5 Å². The number of aliphatic hydroxyl groups excluding tert-OH is 1. The standard InChI is InChI=1S/C28H34FN3O.C2H6.CH4O/c1-3-32(28(33)20-8-6-9-20)14-13-22-17-31(16-21-7-4-5-10-24(21)29)18-26-27(22)23-12-11-19(2)15-25(23)30-26;2*1-2/h4-5,7,10-12,15,20,22,30H,3,6,8-9,13-14,16-18H2,1-2H3;1-2H3;2H,1H3. The van der Waals surface area contributed by atoms with Crippen LogP contribution in [0.3, 0.4) is 0 Å². The Morgan fingerprint density at radius 1 is 1.16 bits per heavy atom. The van der Waals surface area contributed by atoms with Crippen LogP contribution >= 0.6 is 0 Å². The van der Waals surface area contributed by atoms with Gasteiger partial charge in [-0.15, -0.1) is 0 Å². The minimum absolute atomic E-state index is 0.143. The zero-order chi connectivity index (χ0) is 26.9. The first kappa shape index (κ1) is 28.9. The largest absolute Gasteiger partial charge is 0.400 e. The van der Waals surface area contributed by atoms with Crippen LogP contribution in [-0.2, 0) is 17.9 Å². The molecule has 37 heavy (non-hydrogen) atoms. The van der Waals surface area contributed by atoms with Crippen molar-refractivity contribution in [2.45, 2.75) is 72.4 Å². The Balaban J connectivity index is 0.000000907. The number of fused-ring (bicyclic) bond motifs is 3.